The van der Waals surface area contributed by atoms with E-state index in [0.29, 0.717) is 44.1 Å². The molecule has 3 N–H and O–H groups in total. The summed E-state index contributed by atoms with van der Waals surface area (Å²) in [6.07, 6.45) is 5.51. The lowest BCUT2D eigenvalue weighted by Crippen LogP contribution is -2.67. The Morgan fingerprint density at radius 2 is 1.58 bits per heavy atom. The van der Waals surface area contributed by atoms with E-state index in [2.05, 4.69) is 55.6 Å². The van der Waals surface area contributed by atoms with Gasteiger partial charge < -0.3 is 24.8 Å². The predicted octanol–water partition coefficient (Wildman–Crippen LogP) is 12.5. The number of rotatable bonds is 9. The summed E-state index contributed by atoms with van der Waals surface area (Å²) in [7, 11) is 0. The van der Waals surface area contributed by atoms with Crippen LogP contribution in [-0.2, 0) is 12.7 Å². The van der Waals surface area contributed by atoms with Crippen molar-refractivity contribution in [3.63, 3.8) is 0 Å². The molecule has 6 aliphatic rings. The summed E-state index contributed by atoms with van der Waals surface area (Å²) < 4.78 is 47.6. The standard InChI is InChI=1S/C54H54ClF3N2O5/c1-33(34-10-5-4-6-11-34)59-48(63)60(31-36-14-9-13-35-12-7-8-15-39(35)36)32-52(64)25-22-46-50(52,3)24-21-45-49(2)23-20-38(61)29-51(49)26-27-53(45,46)41(30-51)47(62)44-19-18-43(65-44)40-28-37(54(56,57)58)16-17-42(40)55/h4-19,26-28,30,33,38,45-46,61,64H,20-25,29,31-32H2,1-3H3,(H,59,63)/t33-,38?,45-,46-,49-,50+,51+,52-,53-/m1/s1. The number of amides is 2. The normalized spacial score (nSPS) is 31.7. The van der Waals surface area contributed by atoms with Gasteiger partial charge >= 0.3 is 12.2 Å². The molecule has 3 fully saturated rings. The van der Waals surface area contributed by atoms with Gasteiger partial charge in [0.1, 0.15) is 5.76 Å². The number of ketones is 1. The van der Waals surface area contributed by atoms with Crippen molar-refractivity contribution < 1.29 is 37.4 Å². The van der Waals surface area contributed by atoms with E-state index in [9.17, 15) is 28.2 Å². The van der Waals surface area contributed by atoms with Crippen LogP contribution in [0.15, 0.2) is 131 Å². The maximum atomic E-state index is 15.3. The van der Waals surface area contributed by atoms with Crippen LogP contribution in [0.25, 0.3) is 22.1 Å². The van der Waals surface area contributed by atoms with E-state index in [4.69, 9.17) is 16.0 Å². The number of aliphatic hydroxyl groups excluding tert-OH is 1. The number of benzene rings is 4. The number of hydrogen-bond acceptors (Lipinski definition) is 5. The molecule has 4 aromatic carbocycles. The molecule has 7 nitrogen and oxygen atoms in total. The maximum absolute atomic E-state index is 15.3. The molecule has 2 spiro atoms. The van der Waals surface area contributed by atoms with Gasteiger partial charge in [0.05, 0.1) is 34.9 Å². The van der Waals surface area contributed by atoms with Crippen LogP contribution in [0.4, 0.5) is 18.0 Å². The third-order valence-electron chi connectivity index (χ3n) is 17.0. The van der Waals surface area contributed by atoms with E-state index in [1.165, 1.54) is 18.2 Å². The first kappa shape index (κ1) is 43.7. The molecule has 5 aromatic rings. The smallest absolute Gasteiger partial charge is 0.416 e. The highest BCUT2D eigenvalue weighted by atomic mass is 35.5. The van der Waals surface area contributed by atoms with Crippen molar-refractivity contribution >= 4 is 34.2 Å². The lowest BCUT2D eigenvalue weighted by atomic mass is 9.32. The molecule has 9 atom stereocenters. The number of carbonyl (C=O) groups is 2. The van der Waals surface area contributed by atoms with E-state index < -0.39 is 39.7 Å². The minimum atomic E-state index is -4.61. The van der Waals surface area contributed by atoms with Crippen LogP contribution in [-0.4, -0.2) is 45.2 Å². The number of fused-ring (bicyclic) bond motifs is 2. The molecule has 1 aromatic heterocycles. The van der Waals surface area contributed by atoms with Crippen LogP contribution in [0, 0.1) is 33.5 Å². The number of aliphatic hydroxyl groups is 2. The van der Waals surface area contributed by atoms with Crippen LogP contribution in [0.5, 0.6) is 0 Å². The number of furan rings is 1. The minimum Gasteiger partial charge on any atom is -0.453 e. The Morgan fingerprint density at radius 3 is 2.37 bits per heavy atom. The first-order chi connectivity index (χ1) is 30.9. The Hall–Kier alpha value is -5.16. The second-order valence-electron chi connectivity index (χ2n) is 20.1. The first-order valence-electron chi connectivity index (χ1n) is 22.8. The zero-order valence-corrected chi connectivity index (χ0v) is 37.6. The largest absolute Gasteiger partial charge is 0.453 e. The molecule has 2 amide bonds. The lowest BCUT2D eigenvalue weighted by Gasteiger charge is -2.71. The van der Waals surface area contributed by atoms with Crippen molar-refractivity contribution in [2.24, 2.45) is 33.5 Å². The second-order valence-corrected chi connectivity index (χ2v) is 20.5. The Bertz CT molecular complexity index is 2760. The summed E-state index contributed by atoms with van der Waals surface area (Å²) in [6, 6.07) is 29.4. The molecule has 338 valence electrons. The Morgan fingerprint density at radius 1 is 0.877 bits per heavy atom. The number of Topliss-reactive ketones (excluding diaryl/α,β-unsaturated/α-hetero) is 1. The van der Waals surface area contributed by atoms with Gasteiger partial charge in [0.15, 0.2) is 5.76 Å². The molecule has 65 heavy (non-hydrogen) atoms. The zero-order valence-electron chi connectivity index (χ0n) is 36.8. The number of urea groups is 1. The summed E-state index contributed by atoms with van der Waals surface area (Å²) >= 11 is 6.44. The van der Waals surface area contributed by atoms with Crippen molar-refractivity contribution in [1.29, 1.82) is 0 Å². The van der Waals surface area contributed by atoms with Gasteiger partial charge in [-0.15, -0.1) is 0 Å². The molecule has 6 aliphatic carbocycles. The van der Waals surface area contributed by atoms with Crippen molar-refractivity contribution in [2.45, 2.75) is 96.2 Å². The van der Waals surface area contributed by atoms with Crippen LogP contribution in [0.2, 0.25) is 5.02 Å². The number of hydrogen-bond donors (Lipinski definition) is 3. The van der Waals surface area contributed by atoms with Gasteiger partial charge in [0.2, 0.25) is 5.78 Å². The second kappa shape index (κ2) is 15.5. The molecule has 1 unspecified atom stereocenters. The number of allylic oxidation sites excluding steroid dienone is 4. The monoisotopic (exact) mass is 902 g/mol. The molecular formula is C54H54ClF3N2O5. The summed E-state index contributed by atoms with van der Waals surface area (Å²) in [5, 5.41) is 30.0. The highest BCUT2D eigenvalue weighted by molar-refractivity contribution is 6.33. The fourth-order valence-electron chi connectivity index (χ4n) is 13.5. The molecular weight excluding hydrogens is 849 g/mol. The molecule has 11 heteroatoms. The molecule has 0 aliphatic heterocycles. The van der Waals surface area contributed by atoms with Gasteiger partial charge in [-0.25, -0.2) is 4.79 Å². The number of carbonyl (C=O) groups excluding carboxylic acids is 2. The molecule has 3 saturated carbocycles. The van der Waals surface area contributed by atoms with Crippen molar-refractivity contribution in [3.8, 4) is 11.3 Å². The summed E-state index contributed by atoms with van der Waals surface area (Å²) in [6.45, 7) is 6.70. The average molecular weight is 903 g/mol. The number of halogens is 4. The van der Waals surface area contributed by atoms with Crippen molar-refractivity contribution in [1.82, 2.24) is 10.2 Å². The molecule has 0 radical (unpaired) electrons. The Balaban J connectivity index is 1.03. The quantitative estimate of drug-likeness (QED) is 0.101. The third kappa shape index (κ3) is 6.75. The molecule has 11 rings (SSSR count). The van der Waals surface area contributed by atoms with E-state index >= 15 is 4.79 Å². The number of alkyl halides is 3. The first-order valence-corrected chi connectivity index (χ1v) is 23.2. The van der Waals surface area contributed by atoms with Crippen molar-refractivity contribution in [2.75, 3.05) is 6.54 Å². The summed E-state index contributed by atoms with van der Waals surface area (Å²) in [5.74, 6) is -0.603. The highest BCUT2D eigenvalue weighted by Crippen LogP contribution is 2.78. The summed E-state index contributed by atoms with van der Waals surface area (Å²) in [4.78, 5) is 31.7. The lowest BCUT2D eigenvalue weighted by molar-refractivity contribution is -0.174. The minimum absolute atomic E-state index is 0.0192. The van der Waals surface area contributed by atoms with Crippen LogP contribution >= 0.6 is 11.6 Å². The van der Waals surface area contributed by atoms with Gasteiger partial charge in [-0.05, 0) is 121 Å². The van der Waals surface area contributed by atoms with Crippen LogP contribution in [0.1, 0.15) is 99.0 Å². The predicted molar refractivity (Wildman–Crippen MR) is 245 cm³/mol. The van der Waals surface area contributed by atoms with Crippen LogP contribution < -0.4 is 5.32 Å². The van der Waals surface area contributed by atoms with Crippen molar-refractivity contribution in [3.05, 3.63) is 154 Å². The fourth-order valence-corrected chi connectivity index (χ4v) is 13.7. The zero-order chi connectivity index (χ0) is 45.7. The topological polar surface area (TPSA) is 103 Å². The van der Waals surface area contributed by atoms with E-state index in [1.54, 1.807) is 4.90 Å². The van der Waals surface area contributed by atoms with Gasteiger partial charge in [0.25, 0.3) is 0 Å². The molecule has 2 bridgehead atoms. The number of nitrogens with zero attached hydrogens (tertiary/aromatic N) is 1. The van der Waals surface area contributed by atoms with E-state index in [1.807, 2.05) is 61.5 Å². The third-order valence-corrected chi connectivity index (χ3v) is 17.3. The van der Waals surface area contributed by atoms with Gasteiger partial charge in [-0.3, -0.25) is 4.79 Å². The van der Waals surface area contributed by atoms with Crippen LogP contribution in [0.3, 0.4) is 0 Å². The molecule has 0 saturated heterocycles. The SMILES string of the molecule is C[C@@H](NC(=O)N(Cc1cccc2ccccc12)C[C@]1(O)CC[C@H]2[C@]34C=C[C@@]5(C=C3C(=O)c3ccc(-c6cc(C(F)(F)F)ccc6Cl)o3)CC(O)CC[C@]5(C)[C@H]4CC[C@@]21C)c1ccccc1. The van der Waals surface area contributed by atoms with E-state index in [0.717, 1.165) is 40.5 Å². The fraction of sp³-hybridized carbons (Fsp3) is 0.407. The Labute approximate surface area is 382 Å². The highest BCUT2D eigenvalue weighted by Gasteiger charge is 2.74. The van der Waals surface area contributed by atoms with Gasteiger partial charge in [-0.2, -0.15) is 13.2 Å². The van der Waals surface area contributed by atoms with Gasteiger partial charge in [0, 0.05) is 33.9 Å². The molecule has 1 heterocycles. The summed E-state index contributed by atoms with van der Waals surface area (Å²) in [5.41, 5.74) is -2.30. The van der Waals surface area contributed by atoms with Gasteiger partial charge in [-0.1, -0.05) is 116 Å². The number of nitrogens with one attached hydrogen (secondary N) is 1. The average Bonchev–Trinajstić information content (AvgIpc) is 3.88. The van der Waals surface area contributed by atoms with E-state index in [-0.39, 0.29) is 70.3 Å². The maximum Gasteiger partial charge on any atom is 0.416 e. The Kier molecular flexibility index (Phi) is 10.4.